The van der Waals surface area contributed by atoms with Gasteiger partial charge in [-0.05, 0) is 51.9 Å². The van der Waals surface area contributed by atoms with Crippen molar-refractivity contribution in [3.63, 3.8) is 0 Å². The van der Waals surface area contributed by atoms with E-state index in [0.29, 0.717) is 11.7 Å². The number of azo groups is 1. The van der Waals surface area contributed by atoms with Gasteiger partial charge in [0.1, 0.15) is 0 Å². The first-order valence-corrected chi connectivity index (χ1v) is 11.4. The highest BCUT2D eigenvalue weighted by atomic mass is 15.3. The number of hydrogen-bond acceptors (Lipinski definition) is 4. The zero-order valence-corrected chi connectivity index (χ0v) is 18.8. The number of benzene rings is 5. The van der Waals surface area contributed by atoms with Crippen LogP contribution < -0.4 is 5.43 Å². The molecule has 166 valence electrons. The number of aromatic nitrogens is 1. The van der Waals surface area contributed by atoms with Crippen LogP contribution in [0.25, 0.3) is 32.4 Å². The lowest BCUT2D eigenvalue weighted by Crippen LogP contribution is -2.02. The molecule has 0 amide bonds. The lowest BCUT2D eigenvalue weighted by atomic mass is 9.98. The third kappa shape index (κ3) is 4.23. The van der Waals surface area contributed by atoms with Gasteiger partial charge in [0.2, 0.25) is 5.84 Å². The Morgan fingerprint density at radius 2 is 1.31 bits per heavy atom. The zero-order chi connectivity index (χ0) is 23.5. The summed E-state index contributed by atoms with van der Waals surface area (Å²) in [6.45, 7) is 0. The molecule has 0 bridgehead atoms. The molecule has 6 rings (SSSR count). The fourth-order valence-electron chi connectivity index (χ4n) is 4.21. The number of fused-ring (bicyclic) bond motifs is 4. The van der Waals surface area contributed by atoms with E-state index in [9.17, 15) is 0 Å². The minimum absolute atomic E-state index is 0.477. The van der Waals surface area contributed by atoms with Crippen molar-refractivity contribution in [1.29, 1.82) is 0 Å². The molecule has 0 atom stereocenters. The summed E-state index contributed by atoms with van der Waals surface area (Å²) in [6.07, 6.45) is 0. The summed E-state index contributed by atoms with van der Waals surface area (Å²) in [5.74, 6) is 1.01. The largest absolute Gasteiger partial charge is 0.276 e. The average molecular weight is 452 g/mol. The van der Waals surface area contributed by atoms with Crippen LogP contribution in [0.3, 0.4) is 0 Å². The summed E-state index contributed by atoms with van der Waals surface area (Å²) in [7, 11) is 0. The van der Waals surface area contributed by atoms with Crippen molar-refractivity contribution in [3.05, 3.63) is 127 Å². The Balaban J connectivity index is 1.47. The maximum Gasteiger partial charge on any atom is 0.201 e. The van der Waals surface area contributed by atoms with Gasteiger partial charge in [-0.1, -0.05) is 91.0 Å². The molecular weight excluding hydrogens is 430 g/mol. The maximum absolute atomic E-state index is 4.65. The topological polar surface area (TPSA) is 62.0 Å². The first kappa shape index (κ1) is 20.7. The molecule has 5 aromatic carbocycles. The Labute approximate surface area is 202 Å². The van der Waals surface area contributed by atoms with E-state index in [-0.39, 0.29) is 0 Å². The van der Waals surface area contributed by atoms with Gasteiger partial charge in [0.15, 0.2) is 5.82 Å². The number of nitrogens with one attached hydrogen (secondary N) is 1. The van der Waals surface area contributed by atoms with Crippen molar-refractivity contribution in [2.45, 2.75) is 0 Å². The zero-order valence-electron chi connectivity index (χ0n) is 18.8. The second-order valence-electron chi connectivity index (χ2n) is 8.16. The molecule has 0 fully saturated rings. The molecule has 1 heterocycles. The molecule has 1 aromatic heterocycles. The highest BCUT2D eigenvalue weighted by molar-refractivity contribution is 6.16. The lowest BCUT2D eigenvalue weighted by molar-refractivity contribution is 1.18. The number of para-hydroxylation sites is 2. The molecule has 5 nitrogen and oxygen atoms in total. The van der Waals surface area contributed by atoms with Crippen molar-refractivity contribution < 1.29 is 0 Å². The molecule has 0 unspecified atom stereocenters. The van der Waals surface area contributed by atoms with Gasteiger partial charge in [-0.15, -0.1) is 10.2 Å². The van der Waals surface area contributed by atoms with Crippen LogP contribution in [-0.4, -0.2) is 10.8 Å². The Kier molecular flexibility index (Phi) is 5.41. The SMILES string of the molecule is c1ccc(N/N=C(/N=Nc2ccc3ccccc3n2)c2cccc3c2ccc2ccccc23)cc1. The molecular formula is C30H21N5. The predicted molar refractivity (Wildman–Crippen MR) is 144 cm³/mol. The van der Waals surface area contributed by atoms with E-state index < -0.39 is 0 Å². The van der Waals surface area contributed by atoms with E-state index >= 15 is 0 Å². The number of nitrogens with zero attached hydrogens (tertiary/aromatic N) is 4. The van der Waals surface area contributed by atoms with Gasteiger partial charge in [0.25, 0.3) is 0 Å². The van der Waals surface area contributed by atoms with Gasteiger partial charge in [-0.25, -0.2) is 4.98 Å². The Morgan fingerprint density at radius 1 is 0.571 bits per heavy atom. The molecule has 0 radical (unpaired) electrons. The second-order valence-corrected chi connectivity index (χ2v) is 8.16. The van der Waals surface area contributed by atoms with Crippen LogP contribution in [0.15, 0.2) is 137 Å². The summed E-state index contributed by atoms with van der Waals surface area (Å²) in [4.78, 5) is 4.63. The minimum Gasteiger partial charge on any atom is -0.276 e. The smallest absolute Gasteiger partial charge is 0.201 e. The van der Waals surface area contributed by atoms with Crippen LogP contribution in [0.5, 0.6) is 0 Å². The van der Waals surface area contributed by atoms with Gasteiger partial charge in [-0.3, -0.25) is 5.43 Å². The molecule has 0 saturated heterocycles. The van der Waals surface area contributed by atoms with E-state index in [0.717, 1.165) is 32.9 Å². The average Bonchev–Trinajstić information content (AvgIpc) is 2.93. The minimum atomic E-state index is 0.477. The lowest BCUT2D eigenvalue weighted by Gasteiger charge is -2.09. The quantitative estimate of drug-likeness (QED) is 0.0967. The third-order valence-electron chi connectivity index (χ3n) is 5.92. The molecule has 0 saturated carbocycles. The molecule has 6 aromatic rings. The van der Waals surface area contributed by atoms with Gasteiger partial charge in [-0.2, -0.15) is 5.10 Å². The van der Waals surface area contributed by atoms with Gasteiger partial charge in [0, 0.05) is 10.9 Å². The van der Waals surface area contributed by atoms with E-state index in [4.69, 9.17) is 0 Å². The summed E-state index contributed by atoms with van der Waals surface area (Å²) in [6, 6.07) is 40.4. The molecule has 0 spiro atoms. The normalized spacial score (nSPS) is 12.1. The van der Waals surface area contributed by atoms with Crippen LogP contribution in [0, 0.1) is 0 Å². The summed E-state index contributed by atoms with van der Waals surface area (Å²) in [5.41, 5.74) is 5.76. The summed E-state index contributed by atoms with van der Waals surface area (Å²) >= 11 is 0. The second kappa shape index (κ2) is 9.15. The van der Waals surface area contributed by atoms with Crippen LogP contribution in [-0.2, 0) is 0 Å². The molecule has 1 N–H and O–H groups in total. The van der Waals surface area contributed by atoms with Crippen molar-refractivity contribution in [2.75, 3.05) is 5.43 Å². The number of rotatable bonds is 4. The van der Waals surface area contributed by atoms with Crippen molar-refractivity contribution >= 4 is 49.8 Å². The fourth-order valence-corrected chi connectivity index (χ4v) is 4.21. The van der Waals surface area contributed by atoms with Crippen LogP contribution in [0.2, 0.25) is 0 Å². The highest BCUT2D eigenvalue weighted by Crippen LogP contribution is 2.29. The number of amidine groups is 1. The first-order chi connectivity index (χ1) is 17.3. The van der Waals surface area contributed by atoms with Crippen LogP contribution in [0.4, 0.5) is 11.5 Å². The third-order valence-corrected chi connectivity index (χ3v) is 5.92. The Bertz CT molecular complexity index is 1720. The predicted octanol–water partition coefficient (Wildman–Crippen LogP) is 8.10. The van der Waals surface area contributed by atoms with Gasteiger partial charge < -0.3 is 0 Å². The Hall–Kier alpha value is -4.90. The van der Waals surface area contributed by atoms with Crippen LogP contribution >= 0.6 is 0 Å². The fraction of sp³-hybridized carbons (Fsp3) is 0. The monoisotopic (exact) mass is 451 g/mol. The standard InChI is InChI=1S/C30H21N5/c1-2-11-23(12-3-1)32-34-30(35-33-29-20-18-22-10-5-7-16-28(22)31-29)27-15-8-14-25-24-13-6-4-9-21(24)17-19-26(25)27/h1-20,32H/b34-30+,35-33?. The van der Waals surface area contributed by atoms with E-state index in [2.05, 4.69) is 68.2 Å². The molecule has 35 heavy (non-hydrogen) atoms. The number of pyridine rings is 1. The van der Waals surface area contributed by atoms with E-state index in [1.54, 1.807) is 0 Å². The molecule has 0 aliphatic rings. The van der Waals surface area contributed by atoms with Gasteiger partial charge in [0.05, 0.1) is 11.2 Å². The first-order valence-electron chi connectivity index (χ1n) is 11.4. The van der Waals surface area contributed by atoms with E-state index in [1.807, 2.05) is 78.9 Å². The maximum atomic E-state index is 4.65. The summed E-state index contributed by atoms with van der Waals surface area (Å²) < 4.78 is 0. The molecule has 0 aliphatic heterocycles. The molecule has 0 aliphatic carbocycles. The van der Waals surface area contributed by atoms with Crippen molar-refractivity contribution in [2.24, 2.45) is 15.3 Å². The Morgan fingerprint density at radius 3 is 2.23 bits per heavy atom. The number of hydrogen-bond donors (Lipinski definition) is 1. The van der Waals surface area contributed by atoms with E-state index in [1.165, 1.54) is 10.8 Å². The number of hydrazone groups is 1. The number of anilines is 1. The van der Waals surface area contributed by atoms with Crippen molar-refractivity contribution in [3.8, 4) is 0 Å². The highest BCUT2D eigenvalue weighted by Gasteiger charge is 2.11. The molecule has 5 heteroatoms. The van der Waals surface area contributed by atoms with Gasteiger partial charge >= 0.3 is 0 Å². The summed E-state index contributed by atoms with van der Waals surface area (Å²) in [5, 5.41) is 19.3. The van der Waals surface area contributed by atoms with Crippen LogP contribution in [0.1, 0.15) is 5.56 Å². The van der Waals surface area contributed by atoms with Crippen molar-refractivity contribution in [1.82, 2.24) is 4.98 Å².